The van der Waals surface area contributed by atoms with Gasteiger partial charge in [0.05, 0.1) is 0 Å². The predicted octanol–water partition coefficient (Wildman–Crippen LogP) is 0.0640. The highest BCUT2D eigenvalue weighted by Crippen LogP contribution is 1.86. The van der Waals surface area contributed by atoms with Crippen molar-refractivity contribution in [1.29, 1.82) is 0 Å². The molecule has 1 radical (unpaired) electrons. The van der Waals surface area contributed by atoms with E-state index >= 15 is 0 Å². The molecule has 3 N–H and O–H groups in total. The lowest BCUT2D eigenvalue weighted by Crippen LogP contribution is -2.25. The molecule has 0 fully saturated rings. The minimum Gasteiger partial charge on any atom is -0.271 e. The van der Waals surface area contributed by atoms with Gasteiger partial charge >= 0.3 is 0 Å². The van der Waals surface area contributed by atoms with E-state index in [0.29, 0.717) is 0 Å². The Balaban J connectivity index is 2.63. The van der Waals surface area contributed by atoms with E-state index in [1.54, 1.807) is 0 Å². The highest BCUT2D eigenvalue weighted by molar-refractivity contribution is 4.77. The van der Waals surface area contributed by atoms with Crippen LogP contribution in [0, 0.1) is 5.92 Å². The van der Waals surface area contributed by atoms with Crippen molar-refractivity contribution >= 4 is 0 Å². The molecular formula is C4H11N2. The first-order valence-electron chi connectivity index (χ1n) is 2.00. The van der Waals surface area contributed by atoms with Gasteiger partial charge in [0.2, 0.25) is 0 Å². The number of nitrogens with two attached hydrogens (primary N) is 1. The lowest BCUT2D eigenvalue weighted by Gasteiger charge is -1.97. The van der Waals surface area contributed by atoms with Gasteiger partial charge in [-0.1, -0.05) is 13.8 Å². The summed E-state index contributed by atoms with van der Waals surface area (Å²) in [7, 11) is 0. The van der Waals surface area contributed by atoms with Gasteiger partial charge in [-0.05, 0) is 5.92 Å². The molecule has 0 rings (SSSR count). The summed E-state index contributed by atoms with van der Waals surface area (Å²) in [5, 5.41) is 0. The maximum atomic E-state index is 4.96. The Labute approximate surface area is 38.7 Å². The van der Waals surface area contributed by atoms with Crippen LogP contribution in [0.1, 0.15) is 13.8 Å². The van der Waals surface area contributed by atoms with Crippen LogP contribution in [0.2, 0.25) is 0 Å². The predicted molar refractivity (Wildman–Crippen MR) is 26.8 cm³/mol. The molecule has 0 heterocycles. The van der Waals surface area contributed by atoms with Gasteiger partial charge in [-0.25, -0.2) is 0 Å². The summed E-state index contributed by atoms with van der Waals surface area (Å²) in [5.41, 5.74) is 2.53. The van der Waals surface area contributed by atoms with E-state index in [1.165, 1.54) is 5.92 Å². The molecule has 0 unspecified atom stereocenters. The van der Waals surface area contributed by atoms with Crippen LogP contribution in [0.15, 0.2) is 0 Å². The zero-order valence-electron chi connectivity index (χ0n) is 4.28. The average molecular weight is 87.1 g/mol. The third-order valence-corrected chi connectivity index (χ3v) is 0.456. The van der Waals surface area contributed by atoms with Crippen molar-refractivity contribution in [3.05, 3.63) is 5.92 Å². The lowest BCUT2D eigenvalue weighted by molar-refractivity contribution is 0.739. The average Bonchev–Trinajstić information content (AvgIpc) is 1.35. The standard InChI is InChI=1S/C4H11N2/c1-4(2)3-6-5/h6H,3,5H2,1-2H3. The third kappa shape index (κ3) is 3.92. The Hall–Kier alpha value is -0.0800. The first-order valence-corrected chi connectivity index (χ1v) is 2.00. The maximum Gasteiger partial charge on any atom is 0.0154 e. The molecule has 6 heavy (non-hydrogen) atoms. The number of nitrogens with one attached hydrogen (secondary N) is 1. The first-order chi connectivity index (χ1) is 2.77. The van der Waals surface area contributed by atoms with E-state index in [1.807, 2.05) is 13.8 Å². The zero-order chi connectivity index (χ0) is 4.99. The molecule has 0 aliphatic carbocycles. The topological polar surface area (TPSA) is 38.0 Å². The molecule has 0 saturated carbocycles. The van der Waals surface area contributed by atoms with Crippen LogP contribution in [-0.4, -0.2) is 6.54 Å². The van der Waals surface area contributed by atoms with Gasteiger partial charge in [-0.15, -0.1) is 0 Å². The molecule has 0 aromatic carbocycles. The Kier molecular flexibility index (Phi) is 3.08. The molecule has 0 atom stereocenters. The van der Waals surface area contributed by atoms with E-state index in [2.05, 4.69) is 5.43 Å². The Bertz CT molecular complexity index is 26.7. The molecular weight excluding hydrogens is 76.1 g/mol. The molecule has 0 aliphatic heterocycles. The molecule has 0 aliphatic rings. The molecule has 37 valence electrons. The van der Waals surface area contributed by atoms with E-state index < -0.39 is 0 Å². The maximum absolute atomic E-state index is 4.96. The number of rotatable bonds is 2. The van der Waals surface area contributed by atoms with Gasteiger partial charge in [0.15, 0.2) is 0 Å². The van der Waals surface area contributed by atoms with Crippen LogP contribution < -0.4 is 11.3 Å². The monoisotopic (exact) mass is 87.1 g/mol. The minimum atomic E-state index is 0.819. The van der Waals surface area contributed by atoms with Crippen molar-refractivity contribution < 1.29 is 0 Å². The van der Waals surface area contributed by atoms with Gasteiger partial charge in [0, 0.05) is 6.54 Å². The van der Waals surface area contributed by atoms with Crippen molar-refractivity contribution in [2.75, 3.05) is 6.54 Å². The third-order valence-electron chi connectivity index (χ3n) is 0.456. The highest BCUT2D eigenvalue weighted by atomic mass is 15.2. The fourth-order valence-corrected chi connectivity index (χ4v) is 0.204. The highest BCUT2D eigenvalue weighted by Gasteiger charge is 1.85. The zero-order valence-corrected chi connectivity index (χ0v) is 4.28. The van der Waals surface area contributed by atoms with Crippen molar-refractivity contribution in [2.24, 2.45) is 5.84 Å². The van der Waals surface area contributed by atoms with Gasteiger partial charge in [0.25, 0.3) is 0 Å². The second kappa shape index (κ2) is 3.12. The molecule has 2 nitrogen and oxygen atoms in total. The van der Waals surface area contributed by atoms with Crippen molar-refractivity contribution in [2.45, 2.75) is 13.8 Å². The van der Waals surface area contributed by atoms with E-state index in [9.17, 15) is 0 Å². The summed E-state index contributed by atoms with van der Waals surface area (Å²) >= 11 is 0. The fraction of sp³-hybridized carbons (Fsp3) is 0.750. The van der Waals surface area contributed by atoms with Crippen LogP contribution >= 0.6 is 0 Å². The van der Waals surface area contributed by atoms with Crippen molar-refractivity contribution in [3.63, 3.8) is 0 Å². The summed E-state index contributed by atoms with van der Waals surface area (Å²) in [6, 6.07) is 0. The fourth-order valence-electron chi connectivity index (χ4n) is 0.204. The van der Waals surface area contributed by atoms with Gasteiger partial charge in [-0.3, -0.25) is 11.3 Å². The van der Waals surface area contributed by atoms with Gasteiger partial charge < -0.3 is 0 Å². The summed E-state index contributed by atoms with van der Waals surface area (Å²) in [6.45, 7) is 4.87. The van der Waals surface area contributed by atoms with E-state index in [0.717, 1.165) is 6.54 Å². The molecule has 0 bridgehead atoms. The second-order valence-corrected chi connectivity index (χ2v) is 1.59. The number of hydrogen-bond acceptors (Lipinski definition) is 2. The van der Waals surface area contributed by atoms with Crippen LogP contribution in [0.25, 0.3) is 0 Å². The Morgan fingerprint density at radius 1 is 1.67 bits per heavy atom. The summed E-state index contributed by atoms with van der Waals surface area (Å²) in [5.74, 6) is 6.26. The van der Waals surface area contributed by atoms with Crippen LogP contribution in [-0.2, 0) is 0 Å². The minimum absolute atomic E-state index is 0.819. The van der Waals surface area contributed by atoms with Gasteiger partial charge in [-0.2, -0.15) is 0 Å². The molecule has 2 heteroatoms. The van der Waals surface area contributed by atoms with Crippen LogP contribution in [0.5, 0.6) is 0 Å². The second-order valence-electron chi connectivity index (χ2n) is 1.59. The molecule has 0 aromatic heterocycles. The Morgan fingerprint density at radius 3 is 2.17 bits per heavy atom. The smallest absolute Gasteiger partial charge is 0.0154 e. The van der Waals surface area contributed by atoms with E-state index in [-0.39, 0.29) is 0 Å². The molecule has 0 amide bonds. The van der Waals surface area contributed by atoms with Crippen LogP contribution in [0.3, 0.4) is 0 Å². The summed E-state index contributed by atoms with van der Waals surface area (Å²) in [4.78, 5) is 0. The Morgan fingerprint density at radius 2 is 2.17 bits per heavy atom. The van der Waals surface area contributed by atoms with Crippen LogP contribution in [0.4, 0.5) is 0 Å². The normalized spacial score (nSPS) is 10.0. The van der Waals surface area contributed by atoms with E-state index in [4.69, 9.17) is 5.84 Å². The summed E-state index contributed by atoms with van der Waals surface area (Å²) < 4.78 is 0. The molecule has 0 aromatic rings. The first kappa shape index (κ1) is 5.92. The number of hydrogen-bond donors (Lipinski definition) is 2. The quantitative estimate of drug-likeness (QED) is 0.369. The van der Waals surface area contributed by atoms with Gasteiger partial charge in [0.1, 0.15) is 0 Å². The largest absolute Gasteiger partial charge is 0.271 e. The van der Waals surface area contributed by atoms with Crippen molar-refractivity contribution in [3.8, 4) is 0 Å². The SMILES string of the molecule is C[C](C)CNN. The summed E-state index contributed by atoms with van der Waals surface area (Å²) in [6.07, 6.45) is 0. The molecule has 0 saturated heterocycles. The lowest BCUT2D eigenvalue weighted by atomic mass is 10.2. The number of hydrazine groups is 1. The van der Waals surface area contributed by atoms with Crippen molar-refractivity contribution in [1.82, 2.24) is 5.43 Å². The molecule has 0 spiro atoms.